The van der Waals surface area contributed by atoms with Crippen molar-refractivity contribution < 1.29 is 9.59 Å². The summed E-state index contributed by atoms with van der Waals surface area (Å²) in [4.78, 5) is 26.5. The molecule has 2 aromatic carbocycles. The summed E-state index contributed by atoms with van der Waals surface area (Å²) in [6.07, 6.45) is 1.06. The number of aromatic amines is 1. The van der Waals surface area contributed by atoms with Crippen molar-refractivity contribution in [2.24, 2.45) is 5.73 Å². The molecule has 0 unspecified atom stereocenters. The van der Waals surface area contributed by atoms with Crippen LogP contribution in [0.1, 0.15) is 28.0 Å². The molecule has 0 fully saturated rings. The van der Waals surface area contributed by atoms with Gasteiger partial charge in [0.1, 0.15) is 0 Å². The molecule has 0 saturated heterocycles. The molecule has 1 heterocycles. The van der Waals surface area contributed by atoms with Gasteiger partial charge < -0.3 is 16.0 Å². The molecule has 24 heavy (non-hydrogen) atoms. The first kappa shape index (κ1) is 15.8. The number of amides is 2. The van der Waals surface area contributed by atoms with E-state index in [1.807, 2.05) is 25.1 Å². The smallest absolute Gasteiger partial charge is 0.248 e. The Morgan fingerprint density at radius 1 is 1.08 bits per heavy atom. The number of hydrogen-bond acceptors (Lipinski definition) is 2. The number of nitrogens with two attached hydrogens (primary N) is 1. The minimum absolute atomic E-state index is 0.0634. The van der Waals surface area contributed by atoms with Gasteiger partial charge in [0, 0.05) is 34.3 Å². The number of carbonyl (C=O) groups excluding carboxylic acids is 2. The molecule has 5 nitrogen and oxygen atoms in total. The summed E-state index contributed by atoms with van der Waals surface area (Å²) in [6, 6.07) is 14.6. The van der Waals surface area contributed by atoms with Gasteiger partial charge in [-0.3, -0.25) is 9.59 Å². The molecule has 1 aromatic heterocycles. The van der Waals surface area contributed by atoms with Gasteiger partial charge in [-0.1, -0.05) is 18.2 Å². The van der Waals surface area contributed by atoms with Crippen LogP contribution in [0.2, 0.25) is 0 Å². The molecule has 0 atom stereocenters. The Morgan fingerprint density at radius 3 is 2.50 bits per heavy atom. The SMILES string of the molecule is Cc1[nH]c2ccccc2c1CCC(=O)Nc1ccc(C(N)=O)cc1. The second-order valence-electron chi connectivity index (χ2n) is 5.76. The van der Waals surface area contributed by atoms with Crippen LogP contribution in [-0.2, 0) is 11.2 Å². The Bertz CT molecular complexity index is 895. The monoisotopic (exact) mass is 321 g/mol. The normalized spacial score (nSPS) is 10.7. The van der Waals surface area contributed by atoms with Crippen LogP contribution in [0.25, 0.3) is 10.9 Å². The minimum atomic E-state index is -0.484. The predicted octanol–water partition coefficient (Wildman–Crippen LogP) is 3.15. The molecular weight excluding hydrogens is 302 g/mol. The molecule has 0 saturated carbocycles. The zero-order valence-corrected chi connectivity index (χ0v) is 13.4. The highest BCUT2D eigenvalue weighted by molar-refractivity contribution is 5.95. The average molecular weight is 321 g/mol. The molecule has 0 aliphatic heterocycles. The van der Waals surface area contributed by atoms with E-state index in [4.69, 9.17) is 5.73 Å². The largest absolute Gasteiger partial charge is 0.366 e. The number of carbonyl (C=O) groups is 2. The zero-order valence-electron chi connectivity index (χ0n) is 13.4. The number of anilines is 1. The second kappa shape index (κ2) is 6.58. The third-order valence-corrected chi connectivity index (χ3v) is 4.08. The molecule has 0 spiro atoms. The summed E-state index contributed by atoms with van der Waals surface area (Å²) in [5.74, 6) is -0.547. The van der Waals surface area contributed by atoms with Gasteiger partial charge in [0.2, 0.25) is 11.8 Å². The molecule has 3 aromatic rings. The molecule has 0 bridgehead atoms. The number of para-hydroxylation sites is 1. The van der Waals surface area contributed by atoms with Crippen LogP contribution in [0.4, 0.5) is 5.69 Å². The van der Waals surface area contributed by atoms with Gasteiger partial charge in [0.25, 0.3) is 0 Å². The van der Waals surface area contributed by atoms with Crippen LogP contribution >= 0.6 is 0 Å². The van der Waals surface area contributed by atoms with Crippen LogP contribution < -0.4 is 11.1 Å². The number of nitrogens with one attached hydrogen (secondary N) is 2. The van der Waals surface area contributed by atoms with Crippen molar-refractivity contribution in [2.75, 3.05) is 5.32 Å². The lowest BCUT2D eigenvalue weighted by Gasteiger charge is -2.06. The van der Waals surface area contributed by atoms with Crippen molar-refractivity contribution in [3.05, 3.63) is 65.4 Å². The van der Waals surface area contributed by atoms with Crippen LogP contribution in [0, 0.1) is 6.92 Å². The topological polar surface area (TPSA) is 88.0 Å². The van der Waals surface area contributed by atoms with E-state index in [-0.39, 0.29) is 5.91 Å². The molecule has 0 aliphatic rings. The van der Waals surface area contributed by atoms with Crippen molar-refractivity contribution in [3.63, 3.8) is 0 Å². The number of rotatable bonds is 5. The Morgan fingerprint density at radius 2 is 1.79 bits per heavy atom. The maximum Gasteiger partial charge on any atom is 0.248 e. The summed E-state index contributed by atoms with van der Waals surface area (Å²) < 4.78 is 0. The van der Waals surface area contributed by atoms with Crippen LogP contribution in [0.15, 0.2) is 48.5 Å². The quantitative estimate of drug-likeness (QED) is 0.674. The maximum absolute atomic E-state index is 12.2. The number of aromatic nitrogens is 1. The number of H-pyrrole nitrogens is 1. The van der Waals surface area contributed by atoms with Crippen LogP contribution in [-0.4, -0.2) is 16.8 Å². The molecule has 122 valence electrons. The first-order chi connectivity index (χ1) is 11.5. The van der Waals surface area contributed by atoms with E-state index >= 15 is 0 Å². The maximum atomic E-state index is 12.2. The van der Waals surface area contributed by atoms with E-state index in [1.165, 1.54) is 5.56 Å². The van der Waals surface area contributed by atoms with Crippen molar-refractivity contribution in [3.8, 4) is 0 Å². The minimum Gasteiger partial charge on any atom is -0.366 e. The van der Waals surface area contributed by atoms with Gasteiger partial charge in [0.15, 0.2) is 0 Å². The fraction of sp³-hybridized carbons (Fsp3) is 0.158. The lowest BCUT2D eigenvalue weighted by molar-refractivity contribution is -0.116. The molecule has 0 aliphatic carbocycles. The fourth-order valence-electron chi connectivity index (χ4n) is 2.84. The number of hydrogen-bond donors (Lipinski definition) is 3. The molecular formula is C19H19N3O2. The molecule has 0 radical (unpaired) electrons. The van der Waals surface area contributed by atoms with Crippen molar-refractivity contribution in [2.45, 2.75) is 19.8 Å². The van der Waals surface area contributed by atoms with E-state index in [1.54, 1.807) is 24.3 Å². The van der Waals surface area contributed by atoms with E-state index in [9.17, 15) is 9.59 Å². The first-order valence-corrected chi connectivity index (χ1v) is 7.80. The van der Waals surface area contributed by atoms with Gasteiger partial charge in [-0.2, -0.15) is 0 Å². The van der Waals surface area contributed by atoms with E-state index in [0.29, 0.717) is 24.1 Å². The summed E-state index contributed by atoms with van der Waals surface area (Å²) in [7, 11) is 0. The molecule has 4 N–H and O–H groups in total. The van der Waals surface area contributed by atoms with Gasteiger partial charge in [-0.05, 0) is 49.2 Å². The second-order valence-corrected chi connectivity index (χ2v) is 5.76. The first-order valence-electron chi connectivity index (χ1n) is 7.80. The van der Waals surface area contributed by atoms with E-state index < -0.39 is 5.91 Å². The molecule has 2 amide bonds. The highest BCUT2D eigenvalue weighted by Crippen LogP contribution is 2.23. The summed E-state index contributed by atoms with van der Waals surface area (Å²) in [5.41, 5.74) is 9.62. The summed E-state index contributed by atoms with van der Waals surface area (Å²) in [5, 5.41) is 4.00. The number of primary amides is 1. The zero-order chi connectivity index (χ0) is 17.1. The lowest BCUT2D eigenvalue weighted by Crippen LogP contribution is -2.13. The number of fused-ring (bicyclic) bond motifs is 1. The van der Waals surface area contributed by atoms with Crippen LogP contribution in [0.5, 0.6) is 0 Å². The van der Waals surface area contributed by atoms with Gasteiger partial charge in [-0.25, -0.2) is 0 Å². The highest BCUT2D eigenvalue weighted by Gasteiger charge is 2.10. The fourth-order valence-corrected chi connectivity index (χ4v) is 2.84. The molecule has 3 rings (SSSR count). The Balaban J connectivity index is 1.64. The molecule has 5 heteroatoms. The van der Waals surface area contributed by atoms with E-state index in [2.05, 4.69) is 16.4 Å². The van der Waals surface area contributed by atoms with Crippen molar-refractivity contribution >= 4 is 28.4 Å². The predicted molar refractivity (Wildman–Crippen MR) is 94.9 cm³/mol. The average Bonchev–Trinajstić information content (AvgIpc) is 2.88. The van der Waals surface area contributed by atoms with Crippen molar-refractivity contribution in [1.29, 1.82) is 0 Å². The van der Waals surface area contributed by atoms with Crippen molar-refractivity contribution in [1.82, 2.24) is 4.98 Å². The standard InChI is InChI=1S/C19H19N3O2/c1-12-15(16-4-2-3-5-17(16)21-12)10-11-18(23)22-14-8-6-13(7-9-14)19(20)24/h2-9,21H,10-11H2,1H3,(H2,20,24)(H,22,23). The van der Waals surface area contributed by atoms with E-state index in [0.717, 1.165) is 16.6 Å². The van der Waals surface area contributed by atoms with Gasteiger partial charge >= 0.3 is 0 Å². The van der Waals surface area contributed by atoms with Gasteiger partial charge in [-0.15, -0.1) is 0 Å². The summed E-state index contributed by atoms with van der Waals surface area (Å²) in [6.45, 7) is 2.02. The number of aryl methyl sites for hydroxylation is 2. The lowest BCUT2D eigenvalue weighted by atomic mass is 10.1. The van der Waals surface area contributed by atoms with Gasteiger partial charge in [0.05, 0.1) is 0 Å². The Hall–Kier alpha value is -3.08. The van der Waals surface area contributed by atoms with Crippen LogP contribution in [0.3, 0.4) is 0 Å². The Kier molecular flexibility index (Phi) is 4.33. The third kappa shape index (κ3) is 3.30. The summed E-state index contributed by atoms with van der Waals surface area (Å²) >= 11 is 0. The Labute approximate surface area is 139 Å². The highest BCUT2D eigenvalue weighted by atomic mass is 16.1. The number of benzene rings is 2. The third-order valence-electron chi connectivity index (χ3n) is 4.08.